The van der Waals surface area contributed by atoms with Crippen LogP contribution in [0.15, 0.2) is 22.7 Å². The van der Waals surface area contributed by atoms with E-state index in [1.807, 2.05) is 6.07 Å². The Hall–Kier alpha value is -0.540. The Balaban J connectivity index is 1.78. The van der Waals surface area contributed by atoms with Gasteiger partial charge in [0.05, 0.1) is 6.10 Å². The van der Waals surface area contributed by atoms with Crippen LogP contribution in [0.25, 0.3) is 0 Å². The maximum atomic E-state index is 9.09. The highest BCUT2D eigenvalue weighted by Crippen LogP contribution is 2.33. The summed E-state index contributed by atoms with van der Waals surface area (Å²) in [6.45, 7) is 4.55. The molecular formula is C18H27BrO2. The lowest BCUT2D eigenvalue weighted by atomic mass is 9.83. The Kier molecular flexibility index (Phi) is 6.56. The molecule has 2 rings (SSSR count). The van der Waals surface area contributed by atoms with E-state index in [1.165, 1.54) is 24.8 Å². The molecule has 0 aliphatic heterocycles. The van der Waals surface area contributed by atoms with E-state index in [2.05, 4.69) is 41.9 Å². The van der Waals surface area contributed by atoms with E-state index in [-0.39, 0.29) is 0 Å². The van der Waals surface area contributed by atoms with Crippen LogP contribution in [0.4, 0.5) is 0 Å². The maximum Gasteiger partial charge on any atom is 0.123 e. The molecule has 21 heavy (non-hydrogen) atoms. The van der Waals surface area contributed by atoms with Crippen LogP contribution in [0.5, 0.6) is 5.75 Å². The summed E-state index contributed by atoms with van der Waals surface area (Å²) in [5, 5.41) is 9.09. The molecule has 0 aromatic heterocycles. The normalized spacial score (nSPS) is 23.8. The topological polar surface area (TPSA) is 29.5 Å². The zero-order valence-electron chi connectivity index (χ0n) is 13.1. The van der Waals surface area contributed by atoms with Crippen LogP contribution in [-0.4, -0.2) is 17.8 Å². The third-order valence-corrected chi connectivity index (χ3v) is 5.54. The molecule has 1 aromatic rings. The van der Waals surface area contributed by atoms with Crippen molar-refractivity contribution in [2.24, 2.45) is 11.8 Å². The molecule has 1 saturated carbocycles. The fourth-order valence-electron chi connectivity index (χ4n) is 3.04. The predicted molar refractivity (Wildman–Crippen MR) is 90.7 cm³/mol. The number of hydrogen-bond acceptors (Lipinski definition) is 2. The van der Waals surface area contributed by atoms with E-state index in [9.17, 15) is 0 Å². The first-order chi connectivity index (χ1) is 10.1. The fraction of sp³-hybridized carbons (Fsp3) is 0.667. The first-order valence-corrected chi connectivity index (χ1v) is 8.92. The molecule has 2 nitrogen and oxygen atoms in total. The molecule has 1 unspecified atom stereocenters. The zero-order valence-corrected chi connectivity index (χ0v) is 14.7. The van der Waals surface area contributed by atoms with Gasteiger partial charge in [-0.1, -0.05) is 35.3 Å². The zero-order chi connectivity index (χ0) is 15.2. The first kappa shape index (κ1) is 16.8. The summed E-state index contributed by atoms with van der Waals surface area (Å²) >= 11 is 3.56. The lowest BCUT2D eigenvalue weighted by Crippen LogP contribution is -2.24. The number of aliphatic hydroxyl groups is 1. The number of halogens is 1. The fourth-order valence-corrected chi connectivity index (χ4v) is 3.39. The van der Waals surface area contributed by atoms with Crippen LogP contribution in [0.1, 0.15) is 51.0 Å². The van der Waals surface area contributed by atoms with E-state index >= 15 is 0 Å². The molecule has 3 heteroatoms. The highest BCUT2D eigenvalue weighted by molar-refractivity contribution is 9.10. The molecule has 1 atom stereocenters. The monoisotopic (exact) mass is 354 g/mol. The van der Waals surface area contributed by atoms with Crippen molar-refractivity contribution < 1.29 is 9.84 Å². The van der Waals surface area contributed by atoms with Crippen molar-refractivity contribution in [2.75, 3.05) is 6.61 Å². The summed E-state index contributed by atoms with van der Waals surface area (Å²) in [6.07, 6.45) is 7.60. The van der Waals surface area contributed by atoms with Crippen LogP contribution in [0.3, 0.4) is 0 Å². The van der Waals surface area contributed by atoms with Crippen molar-refractivity contribution in [1.82, 2.24) is 0 Å². The molecule has 0 heterocycles. The van der Waals surface area contributed by atoms with Gasteiger partial charge in [-0.15, -0.1) is 0 Å². The minimum absolute atomic E-state index is 0.320. The standard InChI is InChI=1S/C18H27BrO2/c1-13(12-20)6-7-15-8-10-16(11-9-15)21-18-5-3-4-17(19)14(18)2/h3-5,13,15-16,20H,6-12H2,1-2H3/t13?,15-,16-. The van der Waals surface area contributed by atoms with Crippen molar-refractivity contribution in [2.45, 2.75) is 58.5 Å². The molecule has 0 bridgehead atoms. The highest BCUT2D eigenvalue weighted by Gasteiger charge is 2.23. The minimum Gasteiger partial charge on any atom is -0.490 e. The van der Waals surface area contributed by atoms with Crippen LogP contribution in [0, 0.1) is 18.8 Å². The van der Waals surface area contributed by atoms with Crippen molar-refractivity contribution in [1.29, 1.82) is 0 Å². The van der Waals surface area contributed by atoms with Crippen LogP contribution in [-0.2, 0) is 0 Å². The number of aliphatic hydroxyl groups excluding tert-OH is 1. The average Bonchev–Trinajstić information content (AvgIpc) is 2.51. The smallest absolute Gasteiger partial charge is 0.123 e. The number of hydrogen-bond donors (Lipinski definition) is 1. The second-order valence-electron chi connectivity index (χ2n) is 6.49. The summed E-state index contributed by atoms with van der Waals surface area (Å²) in [6, 6.07) is 6.16. The number of benzene rings is 1. The van der Waals surface area contributed by atoms with Gasteiger partial charge in [-0.05, 0) is 63.0 Å². The van der Waals surface area contributed by atoms with Gasteiger partial charge < -0.3 is 9.84 Å². The molecule has 1 aromatic carbocycles. The largest absolute Gasteiger partial charge is 0.490 e. The van der Waals surface area contributed by atoms with Gasteiger partial charge in [-0.3, -0.25) is 0 Å². The summed E-state index contributed by atoms with van der Waals surface area (Å²) in [7, 11) is 0. The van der Waals surface area contributed by atoms with E-state index in [0.717, 1.165) is 35.4 Å². The molecule has 1 aliphatic rings. The Morgan fingerprint density at radius 3 is 2.67 bits per heavy atom. The third-order valence-electron chi connectivity index (χ3n) is 4.68. The van der Waals surface area contributed by atoms with Gasteiger partial charge in [-0.25, -0.2) is 0 Å². The molecule has 1 aliphatic carbocycles. The quantitative estimate of drug-likeness (QED) is 0.769. The van der Waals surface area contributed by atoms with E-state index in [4.69, 9.17) is 9.84 Å². The molecule has 1 N–H and O–H groups in total. The molecule has 0 radical (unpaired) electrons. The SMILES string of the molecule is Cc1c(Br)cccc1O[C@H]1CC[C@H](CCC(C)CO)CC1. The Bertz CT molecular complexity index is 439. The van der Waals surface area contributed by atoms with Crippen LogP contribution < -0.4 is 4.74 Å². The lowest BCUT2D eigenvalue weighted by molar-refractivity contribution is 0.123. The maximum absolute atomic E-state index is 9.09. The predicted octanol–water partition coefficient (Wildman–Crippen LogP) is 5.10. The summed E-state index contributed by atoms with van der Waals surface area (Å²) in [5.74, 6) is 2.28. The minimum atomic E-state index is 0.320. The highest BCUT2D eigenvalue weighted by atomic mass is 79.9. The van der Waals surface area contributed by atoms with Crippen molar-refractivity contribution in [3.8, 4) is 5.75 Å². The summed E-state index contributed by atoms with van der Waals surface area (Å²) in [4.78, 5) is 0. The Labute approximate surface area is 137 Å². The van der Waals surface area contributed by atoms with Gasteiger partial charge >= 0.3 is 0 Å². The third kappa shape index (κ3) is 5.00. The first-order valence-electron chi connectivity index (χ1n) is 8.12. The lowest BCUT2D eigenvalue weighted by Gasteiger charge is -2.30. The Morgan fingerprint density at radius 1 is 1.29 bits per heavy atom. The Morgan fingerprint density at radius 2 is 2.00 bits per heavy atom. The van der Waals surface area contributed by atoms with Gasteiger partial charge in [0.2, 0.25) is 0 Å². The van der Waals surface area contributed by atoms with Gasteiger partial charge in [0.15, 0.2) is 0 Å². The molecule has 0 spiro atoms. The summed E-state index contributed by atoms with van der Waals surface area (Å²) < 4.78 is 7.31. The van der Waals surface area contributed by atoms with Crippen molar-refractivity contribution in [3.63, 3.8) is 0 Å². The van der Waals surface area contributed by atoms with Crippen molar-refractivity contribution >= 4 is 15.9 Å². The van der Waals surface area contributed by atoms with Crippen LogP contribution in [0.2, 0.25) is 0 Å². The number of rotatable bonds is 6. The summed E-state index contributed by atoms with van der Waals surface area (Å²) in [5.41, 5.74) is 1.19. The number of ether oxygens (including phenoxy) is 1. The van der Waals surface area contributed by atoms with E-state index in [0.29, 0.717) is 18.6 Å². The van der Waals surface area contributed by atoms with Crippen LogP contribution >= 0.6 is 15.9 Å². The van der Waals surface area contributed by atoms with Gasteiger partial charge in [-0.2, -0.15) is 0 Å². The molecule has 118 valence electrons. The second-order valence-corrected chi connectivity index (χ2v) is 7.34. The second kappa shape index (κ2) is 8.19. The van der Waals surface area contributed by atoms with Crippen molar-refractivity contribution in [3.05, 3.63) is 28.2 Å². The molecule has 0 saturated heterocycles. The van der Waals surface area contributed by atoms with E-state index in [1.54, 1.807) is 0 Å². The molecule has 1 fully saturated rings. The van der Waals surface area contributed by atoms with Gasteiger partial charge in [0, 0.05) is 16.6 Å². The average molecular weight is 355 g/mol. The molecule has 0 amide bonds. The van der Waals surface area contributed by atoms with Gasteiger partial charge in [0.1, 0.15) is 5.75 Å². The van der Waals surface area contributed by atoms with Gasteiger partial charge in [0.25, 0.3) is 0 Å². The molecular weight excluding hydrogens is 328 g/mol. The van der Waals surface area contributed by atoms with E-state index < -0.39 is 0 Å².